The van der Waals surface area contributed by atoms with E-state index in [2.05, 4.69) is 50.4 Å². The molecule has 1 aliphatic carbocycles. The number of hydrogen-bond acceptors (Lipinski definition) is 1. The summed E-state index contributed by atoms with van der Waals surface area (Å²) < 4.78 is 0. The molecule has 1 aromatic carbocycles. The molecule has 1 aromatic rings. The fraction of sp³-hybridized carbons (Fsp3) is 0.625. The van der Waals surface area contributed by atoms with E-state index in [4.69, 9.17) is 0 Å². The predicted octanol–water partition coefficient (Wildman–Crippen LogP) is 3.73. The standard InChI is InChI=1S/C16H25N/c1-12(2)10-17-11-14-8-9-16(14)15-7-5-4-6-13(15)3/h4-7,12,14,16-17H,8-11H2,1-3H3. The SMILES string of the molecule is Cc1ccccc1C1CCC1CNCC(C)C. The van der Waals surface area contributed by atoms with Crippen molar-refractivity contribution < 1.29 is 0 Å². The van der Waals surface area contributed by atoms with E-state index in [1.165, 1.54) is 24.9 Å². The highest BCUT2D eigenvalue weighted by Crippen LogP contribution is 2.43. The number of hydrogen-bond donors (Lipinski definition) is 1. The topological polar surface area (TPSA) is 12.0 Å². The van der Waals surface area contributed by atoms with Gasteiger partial charge in [0.05, 0.1) is 0 Å². The lowest BCUT2D eigenvalue weighted by atomic mass is 9.69. The molecule has 0 spiro atoms. The fourth-order valence-corrected chi connectivity index (χ4v) is 2.78. The van der Waals surface area contributed by atoms with Crippen molar-refractivity contribution in [2.75, 3.05) is 13.1 Å². The molecule has 0 bridgehead atoms. The van der Waals surface area contributed by atoms with Crippen molar-refractivity contribution in [3.63, 3.8) is 0 Å². The third kappa shape index (κ3) is 3.10. The van der Waals surface area contributed by atoms with E-state index in [1.54, 1.807) is 5.56 Å². The maximum atomic E-state index is 3.61. The second kappa shape index (κ2) is 5.68. The monoisotopic (exact) mass is 231 g/mol. The van der Waals surface area contributed by atoms with E-state index in [0.29, 0.717) is 0 Å². The van der Waals surface area contributed by atoms with E-state index in [-0.39, 0.29) is 0 Å². The molecule has 1 aliphatic rings. The first-order valence-electron chi connectivity index (χ1n) is 6.94. The molecular weight excluding hydrogens is 206 g/mol. The fourth-order valence-electron chi connectivity index (χ4n) is 2.78. The van der Waals surface area contributed by atoms with Gasteiger partial charge in [-0.15, -0.1) is 0 Å². The van der Waals surface area contributed by atoms with E-state index < -0.39 is 0 Å². The minimum Gasteiger partial charge on any atom is -0.316 e. The molecule has 1 nitrogen and oxygen atoms in total. The summed E-state index contributed by atoms with van der Waals surface area (Å²) in [4.78, 5) is 0. The Morgan fingerprint density at radius 2 is 2.00 bits per heavy atom. The van der Waals surface area contributed by atoms with Crippen molar-refractivity contribution in [1.82, 2.24) is 5.32 Å². The first-order valence-corrected chi connectivity index (χ1v) is 6.94. The Balaban J connectivity index is 1.88. The Bertz CT molecular complexity index is 356. The largest absolute Gasteiger partial charge is 0.316 e. The van der Waals surface area contributed by atoms with Gasteiger partial charge in [-0.25, -0.2) is 0 Å². The number of benzene rings is 1. The van der Waals surface area contributed by atoms with Crippen LogP contribution in [-0.4, -0.2) is 13.1 Å². The van der Waals surface area contributed by atoms with Crippen LogP contribution in [0.15, 0.2) is 24.3 Å². The molecule has 17 heavy (non-hydrogen) atoms. The second-order valence-electron chi connectivity index (χ2n) is 5.85. The Hall–Kier alpha value is -0.820. The summed E-state index contributed by atoms with van der Waals surface area (Å²) >= 11 is 0. The Kier molecular flexibility index (Phi) is 4.22. The summed E-state index contributed by atoms with van der Waals surface area (Å²) in [5.74, 6) is 2.41. The molecule has 0 radical (unpaired) electrons. The molecule has 1 fully saturated rings. The summed E-state index contributed by atoms with van der Waals surface area (Å²) in [6.45, 7) is 9.12. The number of nitrogens with one attached hydrogen (secondary N) is 1. The lowest BCUT2D eigenvalue weighted by Gasteiger charge is -2.38. The predicted molar refractivity (Wildman–Crippen MR) is 74.4 cm³/mol. The third-order valence-corrected chi connectivity index (χ3v) is 3.96. The van der Waals surface area contributed by atoms with E-state index in [9.17, 15) is 0 Å². The minimum atomic E-state index is 0.756. The molecule has 1 N–H and O–H groups in total. The van der Waals surface area contributed by atoms with Crippen LogP contribution < -0.4 is 5.32 Å². The summed E-state index contributed by atoms with van der Waals surface area (Å²) in [5, 5.41) is 3.61. The van der Waals surface area contributed by atoms with Crippen molar-refractivity contribution in [2.24, 2.45) is 11.8 Å². The van der Waals surface area contributed by atoms with Gasteiger partial charge in [0.25, 0.3) is 0 Å². The number of aryl methyl sites for hydroxylation is 1. The van der Waals surface area contributed by atoms with Crippen LogP contribution in [0.2, 0.25) is 0 Å². The Labute approximate surface area is 106 Å². The zero-order valence-electron chi connectivity index (χ0n) is 11.4. The molecule has 0 amide bonds. The molecule has 1 saturated carbocycles. The lowest BCUT2D eigenvalue weighted by Crippen LogP contribution is -2.35. The van der Waals surface area contributed by atoms with Crippen LogP contribution >= 0.6 is 0 Å². The average Bonchev–Trinajstić information content (AvgIpc) is 2.25. The van der Waals surface area contributed by atoms with Crippen LogP contribution in [0.5, 0.6) is 0 Å². The zero-order valence-corrected chi connectivity index (χ0v) is 11.4. The van der Waals surface area contributed by atoms with Gasteiger partial charge in [0.2, 0.25) is 0 Å². The van der Waals surface area contributed by atoms with Gasteiger partial charge in [-0.1, -0.05) is 38.1 Å². The van der Waals surface area contributed by atoms with Gasteiger partial charge < -0.3 is 5.32 Å². The van der Waals surface area contributed by atoms with Gasteiger partial charge in [-0.2, -0.15) is 0 Å². The van der Waals surface area contributed by atoms with E-state index in [0.717, 1.165) is 24.3 Å². The first-order chi connectivity index (χ1) is 8.18. The van der Waals surface area contributed by atoms with Gasteiger partial charge >= 0.3 is 0 Å². The van der Waals surface area contributed by atoms with Crippen LogP contribution in [0.4, 0.5) is 0 Å². The van der Waals surface area contributed by atoms with Crippen LogP contribution in [0, 0.1) is 18.8 Å². The normalized spacial score (nSPS) is 23.8. The van der Waals surface area contributed by atoms with Crippen LogP contribution in [0.3, 0.4) is 0 Å². The van der Waals surface area contributed by atoms with Gasteiger partial charge in [-0.05, 0) is 61.7 Å². The maximum Gasteiger partial charge on any atom is -0.00146 e. The van der Waals surface area contributed by atoms with E-state index in [1.807, 2.05) is 0 Å². The van der Waals surface area contributed by atoms with E-state index >= 15 is 0 Å². The molecular formula is C16H25N. The first kappa shape index (κ1) is 12.6. The summed E-state index contributed by atoms with van der Waals surface area (Å²) in [5.41, 5.74) is 3.04. The van der Waals surface area contributed by atoms with Crippen molar-refractivity contribution in [3.05, 3.63) is 35.4 Å². The Morgan fingerprint density at radius 1 is 1.24 bits per heavy atom. The van der Waals surface area contributed by atoms with Crippen molar-refractivity contribution in [3.8, 4) is 0 Å². The lowest BCUT2D eigenvalue weighted by molar-refractivity contribution is 0.242. The van der Waals surface area contributed by atoms with Crippen LogP contribution in [-0.2, 0) is 0 Å². The minimum absolute atomic E-state index is 0.756. The summed E-state index contributed by atoms with van der Waals surface area (Å²) in [6, 6.07) is 8.88. The molecule has 2 rings (SSSR count). The average molecular weight is 231 g/mol. The van der Waals surface area contributed by atoms with Crippen molar-refractivity contribution in [2.45, 2.75) is 39.5 Å². The second-order valence-corrected chi connectivity index (χ2v) is 5.85. The zero-order chi connectivity index (χ0) is 12.3. The Morgan fingerprint density at radius 3 is 2.59 bits per heavy atom. The highest BCUT2D eigenvalue weighted by Gasteiger charge is 2.32. The van der Waals surface area contributed by atoms with Gasteiger partial charge in [-0.3, -0.25) is 0 Å². The van der Waals surface area contributed by atoms with Crippen molar-refractivity contribution in [1.29, 1.82) is 0 Å². The highest BCUT2D eigenvalue weighted by molar-refractivity contribution is 5.31. The maximum absolute atomic E-state index is 3.61. The molecule has 94 valence electrons. The molecule has 0 saturated heterocycles. The molecule has 1 heteroatoms. The van der Waals surface area contributed by atoms with Gasteiger partial charge in [0.15, 0.2) is 0 Å². The smallest absolute Gasteiger partial charge is 0.00146 e. The molecule has 0 heterocycles. The van der Waals surface area contributed by atoms with Crippen LogP contribution in [0.1, 0.15) is 43.7 Å². The number of rotatable bonds is 5. The summed E-state index contributed by atoms with van der Waals surface area (Å²) in [6.07, 6.45) is 2.77. The molecule has 0 aromatic heterocycles. The molecule has 2 atom stereocenters. The molecule has 2 unspecified atom stereocenters. The van der Waals surface area contributed by atoms with Crippen molar-refractivity contribution >= 4 is 0 Å². The third-order valence-electron chi connectivity index (χ3n) is 3.96. The van der Waals surface area contributed by atoms with Gasteiger partial charge in [0.1, 0.15) is 0 Å². The van der Waals surface area contributed by atoms with Crippen LogP contribution in [0.25, 0.3) is 0 Å². The highest BCUT2D eigenvalue weighted by atomic mass is 14.9. The quantitative estimate of drug-likeness (QED) is 0.814. The summed E-state index contributed by atoms with van der Waals surface area (Å²) in [7, 11) is 0. The molecule has 0 aliphatic heterocycles. The van der Waals surface area contributed by atoms with Gasteiger partial charge in [0, 0.05) is 0 Å².